The molecule has 5 rings (SSSR count). The topological polar surface area (TPSA) is 86.6 Å². The molecule has 3 heterocycles. The van der Waals surface area contributed by atoms with E-state index in [1.54, 1.807) is 18.5 Å². The number of benzene rings is 1. The van der Waals surface area contributed by atoms with Crippen LogP contribution in [0.5, 0.6) is 0 Å². The summed E-state index contributed by atoms with van der Waals surface area (Å²) in [7, 11) is 0. The van der Waals surface area contributed by atoms with Crippen LogP contribution in [0.15, 0.2) is 36.7 Å². The molecule has 9 heteroatoms. The molecule has 2 fully saturated rings. The Labute approximate surface area is 191 Å². The van der Waals surface area contributed by atoms with Crippen LogP contribution in [-0.4, -0.2) is 40.6 Å². The second-order valence-corrected chi connectivity index (χ2v) is 9.02. The molecule has 0 radical (unpaired) electrons. The van der Waals surface area contributed by atoms with Crippen LogP contribution in [0.25, 0.3) is 10.9 Å². The van der Waals surface area contributed by atoms with Crippen molar-refractivity contribution in [3.8, 4) is 0 Å². The summed E-state index contributed by atoms with van der Waals surface area (Å²) in [5.41, 5.74) is 5.37. The molecule has 1 saturated carbocycles. The average molecular weight is 455 g/mol. The van der Waals surface area contributed by atoms with Gasteiger partial charge in [-0.2, -0.15) is 0 Å². The summed E-state index contributed by atoms with van der Waals surface area (Å²) in [5.74, 6) is -1.49. The van der Waals surface area contributed by atoms with Gasteiger partial charge >= 0.3 is 0 Å². The molecule has 33 heavy (non-hydrogen) atoms. The number of ether oxygens (including phenoxy) is 2. The Morgan fingerprint density at radius 3 is 2.85 bits per heavy atom. The van der Waals surface area contributed by atoms with E-state index in [4.69, 9.17) is 14.3 Å². The molecular formula is C24H27FN4O4. The van der Waals surface area contributed by atoms with Crippen molar-refractivity contribution in [2.75, 3.05) is 18.5 Å². The van der Waals surface area contributed by atoms with Crippen molar-refractivity contribution in [1.82, 2.24) is 15.0 Å². The van der Waals surface area contributed by atoms with Gasteiger partial charge in [0.2, 0.25) is 0 Å². The number of carbonyl (C=O) groups is 1. The normalized spacial score (nSPS) is 19.7. The number of rotatable bonds is 7. The highest BCUT2D eigenvalue weighted by molar-refractivity contribution is 6.09. The van der Waals surface area contributed by atoms with Crippen molar-refractivity contribution >= 4 is 28.2 Å². The molecule has 1 saturated heterocycles. The molecule has 0 bridgehead atoms. The Kier molecular flexibility index (Phi) is 5.55. The molecule has 2 aliphatic rings. The standard InChI is InChI=1S/C24H27FN4O4/c1-14-4-7-19(18(25)10-14)27-21-17-11-26-9-8-20(17)29(15-5-6-15)22(21)23(30)28-32-13-16-12-31-24(2,3)33-16/h4,7-11,15-16,27H,5-6,12-13H2,1-3H3,(H,28,30). The third-order valence-corrected chi connectivity index (χ3v) is 5.82. The Morgan fingerprint density at radius 2 is 2.15 bits per heavy atom. The number of halogens is 1. The van der Waals surface area contributed by atoms with Gasteiger partial charge in [-0.15, -0.1) is 0 Å². The summed E-state index contributed by atoms with van der Waals surface area (Å²) in [6, 6.07) is 7.00. The zero-order valence-electron chi connectivity index (χ0n) is 18.9. The number of anilines is 2. The number of pyridine rings is 1. The minimum absolute atomic E-state index is 0.149. The summed E-state index contributed by atoms with van der Waals surface area (Å²) in [4.78, 5) is 23.1. The minimum atomic E-state index is -0.668. The quantitative estimate of drug-likeness (QED) is 0.516. The van der Waals surface area contributed by atoms with E-state index in [9.17, 15) is 9.18 Å². The number of nitrogens with one attached hydrogen (secondary N) is 2. The van der Waals surface area contributed by atoms with Crippen LogP contribution >= 0.6 is 0 Å². The van der Waals surface area contributed by atoms with Gasteiger partial charge in [0, 0.05) is 23.8 Å². The maximum atomic E-state index is 14.6. The SMILES string of the molecule is Cc1ccc(Nc2c(C(=O)NOCC3COC(C)(C)O3)n(C3CC3)c3ccncc23)c(F)c1. The second-order valence-electron chi connectivity index (χ2n) is 9.02. The Balaban J connectivity index is 1.45. The monoisotopic (exact) mass is 454 g/mol. The predicted octanol–water partition coefficient (Wildman–Crippen LogP) is 4.38. The zero-order valence-corrected chi connectivity index (χ0v) is 18.9. The molecule has 1 aliphatic heterocycles. The zero-order chi connectivity index (χ0) is 23.2. The van der Waals surface area contributed by atoms with E-state index in [-0.39, 0.29) is 24.4 Å². The maximum absolute atomic E-state index is 14.6. The fourth-order valence-electron chi connectivity index (χ4n) is 4.17. The van der Waals surface area contributed by atoms with Crippen LogP contribution in [0, 0.1) is 12.7 Å². The highest BCUT2D eigenvalue weighted by Gasteiger charge is 2.35. The highest BCUT2D eigenvalue weighted by atomic mass is 19.1. The molecule has 1 atom stereocenters. The van der Waals surface area contributed by atoms with Crippen molar-refractivity contribution in [1.29, 1.82) is 0 Å². The molecule has 2 aromatic heterocycles. The van der Waals surface area contributed by atoms with E-state index >= 15 is 0 Å². The predicted molar refractivity (Wildman–Crippen MR) is 121 cm³/mol. The van der Waals surface area contributed by atoms with Gasteiger partial charge in [0.15, 0.2) is 5.79 Å². The summed E-state index contributed by atoms with van der Waals surface area (Å²) >= 11 is 0. The first kappa shape index (κ1) is 21.8. The lowest BCUT2D eigenvalue weighted by Gasteiger charge is -2.17. The Bertz CT molecular complexity index is 1200. The van der Waals surface area contributed by atoms with Crippen LogP contribution in [-0.2, 0) is 14.3 Å². The molecule has 3 aromatic rings. The van der Waals surface area contributed by atoms with E-state index in [1.165, 1.54) is 6.07 Å². The summed E-state index contributed by atoms with van der Waals surface area (Å²) in [5, 5.41) is 3.88. The van der Waals surface area contributed by atoms with E-state index < -0.39 is 17.5 Å². The first-order valence-electron chi connectivity index (χ1n) is 11.1. The summed E-state index contributed by atoms with van der Waals surface area (Å²) in [6.07, 6.45) is 5.03. The van der Waals surface area contributed by atoms with Crippen molar-refractivity contribution in [2.45, 2.75) is 51.5 Å². The molecule has 2 N–H and O–H groups in total. The number of hydrogen-bond donors (Lipinski definition) is 2. The first-order valence-corrected chi connectivity index (χ1v) is 11.1. The number of hydroxylamine groups is 1. The number of hydrogen-bond acceptors (Lipinski definition) is 6. The largest absolute Gasteiger partial charge is 0.351 e. The fourth-order valence-corrected chi connectivity index (χ4v) is 4.17. The number of amides is 1. The molecule has 1 amide bonds. The maximum Gasteiger partial charge on any atom is 0.293 e. The summed E-state index contributed by atoms with van der Waals surface area (Å²) < 4.78 is 27.9. The lowest BCUT2D eigenvalue weighted by Crippen LogP contribution is -2.32. The smallest absolute Gasteiger partial charge is 0.293 e. The summed E-state index contributed by atoms with van der Waals surface area (Å²) in [6.45, 7) is 6.02. The molecule has 8 nitrogen and oxygen atoms in total. The fraction of sp³-hybridized carbons (Fsp3) is 0.417. The van der Waals surface area contributed by atoms with E-state index in [0.29, 0.717) is 18.0 Å². The number of carbonyl (C=O) groups excluding carboxylic acids is 1. The third kappa shape index (κ3) is 4.44. The minimum Gasteiger partial charge on any atom is -0.351 e. The van der Waals surface area contributed by atoms with Gasteiger partial charge in [-0.05, 0) is 57.4 Å². The van der Waals surface area contributed by atoms with Gasteiger partial charge in [0.25, 0.3) is 5.91 Å². The average Bonchev–Trinajstić information content (AvgIpc) is 3.48. The molecule has 174 valence electrons. The molecule has 1 unspecified atom stereocenters. The molecule has 1 aliphatic carbocycles. The second kappa shape index (κ2) is 8.40. The van der Waals surface area contributed by atoms with Gasteiger partial charge in [-0.25, -0.2) is 9.87 Å². The molecule has 1 aromatic carbocycles. The number of aromatic nitrogens is 2. The molecule has 0 spiro atoms. The van der Waals surface area contributed by atoms with Crippen LogP contribution in [0.3, 0.4) is 0 Å². The van der Waals surface area contributed by atoms with Crippen molar-refractivity contribution in [2.24, 2.45) is 0 Å². The lowest BCUT2D eigenvalue weighted by molar-refractivity contribution is -0.147. The van der Waals surface area contributed by atoms with Crippen LogP contribution < -0.4 is 10.8 Å². The van der Waals surface area contributed by atoms with Gasteiger partial charge in [0.05, 0.1) is 23.5 Å². The van der Waals surface area contributed by atoms with Crippen LogP contribution in [0.2, 0.25) is 0 Å². The van der Waals surface area contributed by atoms with Gasteiger partial charge in [0.1, 0.15) is 24.2 Å². The first-order chi connectivity index (χ1) is 15.8. The van der Waals surface area contributed by atoms with Gasteiger partial charge in [-0.3, -0.25) is 14.6 Å². The highest BCUT2D eigenvalue weighted by Crippen LogP contribution is 2.44. The number of fused-ring (bicyclic) bond motifs is 1. The third-order valence-electron chi connectivity index (χ3n) is 5.82. The molecular weight excluding hydrogens is 427 g/mol. The Morgan fingerprint density at radius 1 is 1.33 bits per heavy atom. The Hall–Kier alpha value is -3.01. The van der Waals surface area contributed by atoms with Crippen molar-refractivity contribution in [3.05, 3.63) is 53.7 Å². The van der Waals surface area contributed by atoms with E-state index in [0.717, 1.165) is 29.3 Å². The van der Waals surface area contributed by atoms with E-state index in [2.05, 4.69) is 15.8 Å². The van der Waals surface area contributed by atoms with Crippen molar-refractivity contribution in [3.63, 3.8) is 0 Å². The van der Waals surface area contributed by atoms with Crippen LogP contribution in [0.1, 0.15) is 48.8 Å². The number of aryl methyl sites for hydroxylation is 1. The lowest BCUT2D eigenvalue weighted by atomic mass is 10.2. The number of nitrogens with zero attached hydrogens (tertiary/aromatic N) is 2. The van der Waals surface area contributed by atoms with Crippen molar-refractivity contribution < 1.29 is 23.5 Å². The van der Waals surface area contributed by atoms with Gasteiger partial charge in [-0.1, -0.05) is 6.07 Å². The van der Waals surface area contributed by atoms with E-state index in [1.807, 2.05) is 37.5 Å². The van der Waals surface area contributed by atoms with Crippen LogP contribution in [0.4, 0.5) is 15.8 Å². The van der Waals surface area contributed by atoms with Gasteiger partial charge < -0.3 is 19.4 Å².